The van der Waals surface area contributed by atoms with E-state index >= 15 is 0 Å². The van der Waals surface area contributed by atoms with E-state index in [1.807, 2.05) is 0 Å². The quantitative estimate of drug-likeness (QED) is 0.509. The fourth-order valence-electron chi connectivity index (χ4n) is 0.0772. The summed E-state index contributed by atoms with van der Waals surface area (Å²) in [4.78, 5) is 0. The van der Waals surface area contributed by atoms with E-state index in [1.165, 1.54) is 6.92 Å². The summed E-state index contributed by atoms with van der Waals surface area (Å²) in [6, 6.07) is 1.75. The van der Waals surface area contributed by atoms with Crippen LogP contribution in [-0.2, 0) is 32.0 Å². The molecule has 0 aromatic rings. The van der Waals surface area contributed by atoms with Crippen LogP contribution in [0.5, 0.6) is 0 Å². The Morgan fingerprint density at radius 1 is 1.58 bits per heavy atom. The van der Waals surface area contributed by atoms with Crippen LogP contribution in [0.4, 0.5) is 13.2 Å². The fourth-order valence-corrected chi connectivity index (χ4v) is 0.231. The third kappa shape index (κ3) is 32.8. The molecule has 0 spiro atoms. The first-order chi connectivity index (χ1) is 4.83. The summed E-state index contributed by atoms with van der Waals surface area (Å²) in [5, 5.41) is 7.32. The van der Waals surface area contributed by atoms with Crippen molar-refractivity contribution in [3.05, 3.63) is 0 Å². The molecule has 0 N–H and O–H groups in total. The van der Waals surface area contributed by atoms with Crippen LogP contribution in [0.2, 0.25) is 0 Å². The smallest absolute Gasteiger partial charge is 0.534 e. The summed E-state index contributed by atoms with van der Waals surface area (Å²) < 4.78 is 52.6. The second-order valence-corrected chi connectivity index (χ2v) is 1.53. The first-order valence-electron chi connectivity index (χ1n) is 1.99. The van der Waals surface area contributed by atoms with Crippen LogP contribution < -0.4 is 0 Å². The SMILES string of the molecule is CC#N.O=S([O-])OC(F)(F)F.[Ni]. The normalized spacial score (nSPS) is 11.3. The number of nitriles is 1. The summed E-state index contributed by atoms with van der Waals surface area (Å²) in [7, 11) is 0. The van der Waals surface area contributed by atoms with Crippen molar-refractivity contribution >= 4 is 11.4 Å². The van der Waals surface area contributed by atoms with Gasteiger partial charge in [-0.3, -0.25) is 0 Å². The monoisotopic (exact) mass is 248 g/mol. The first kappa shape index (κ1) is 17.8. The van der Waals surface area contributed by atoms with Crippen LogP contribution >= 0.6 is 0 Å². The Labute approximate surface area is 79.1 Å². The Balaban J connectivity index is -0.000000177. The van der Waals surface area contributed by atoms with Gasteiger partial charge in [-0.05, 0) is 0 Å². The summed E-state index contributed by atoms with van der Waals surface area (Å²) in [6.07, 6.45) is -5.09. The molecule has 0 heterocycles. The van der Waals surface area contributed by atoms with E-state index in [-0.39, 0.29) is 16.5 Å². The van der Waals surface area contributed by atoms with Gasteiger partial charge >= 0.3 is 6.36 Å². The number of rotatable bonds is 1. The maximum Gasteiger partial charge on any atom is 0.534 e. The Bertz CT molecular complexity index is 167. The molecule has 9 heteroatoms. The molecule has 0 aliphatic carbocycles. The minimum absolute atomic E-state index is 0. The van der Waals surface area contributed by atoms with Gasteiger partial charge in [-0.25, -0.2) is 8.39 Å². The van der Waals surface area contributed by atoms with Crippen molar-refractivity contribution in [2.24, 2.45) is 0 Å². The van der Waals surface area contributed by atoms with Crippen molar-refractivity contribution in [3.63, 3.8) is 0 Å². The molecule has 4 nitrogen and oxygen atoms in total. The molecular formula is C3H3F3NNiO3S-. The second kappa shape index (κ2) is 8.94. The van der Waals surface area contributed by atoms with Crippen LogP contribution in [0.1, 0.15) is 6.92 Å². The second-order valence-electron chi connectivity index (χ2n) is 0.957. The number of hydrogen-bond donors (Lipinski definition) is 0. The standard InChI is InChI=1S/C2H3N.CHF3O3S.Ni/c1-2-3;2-1(3,4)7-8(5)6;/h1H3;(H,5,6);/p-1. The molecule has 12 heavy (non-hydrogen) atoms. The maximum absolute atomic E-state index is 10.7. The Morgan fingerprint density at radius 2 is 1.83 bits per heavy atom. The topological polar surface area (TPSA) is 73.2 Å². The van der Waals surface area contributed by atoms with E-state index in [9.17, 15) is 13.2 Å². The van der Waals surface area contributed by atoms with Crippen LogP contribution in [0.3, 0.4) is 0 Å². The van der Waals surface area contributed by atoms with Gasteiger partial charge in [0, 0.05) is 23.4 Å². The molecule has 0 aromatic heterocycles. The molecule has 0 bridgehead atoms. The average Bonchev–Trinajstić information content (AvgIpc) is 1.57. The van der Waals surface area contributed by atoms with E-state index in [0.29, 0.717) is 0 Å². The van der Waals surface area contributed by atoms with Gasteiger partial charge in [0.15, 0.2) is 0 Å². The predicted octanol–water partition coefficient (Wildman–Crippen LogP) is 0.844. The van der Waals surface area contributed by atoms with Crippen LogP contribution in [0.15, 0.2) is 0 Å². The summed E-state index contributed by atoms with van der Waals surface area (Å²) in [5.74, 6) is 0. The third-order valence-electron chi connectivity index (χ3n) is 0.163. The number of alkyl halides is 3. The minimum Gasteiger partial charge on any atom is -0.750 e. The summed E-state index contributed by atoms with van der Waals surface area (Å²) >= 11 is -3.51. The van der Waals surface area contributed by atoms with Crippen LogP contribution in [0.25, 0.3) is 0 Å². The first-order valence-corrected chi connectivity index (χ1v) is 2.99. The van der Waals surface area contributed by atoms with Gasteiger partial charge < -0.3 is 4.55 Å². The zero-order valence-corrected chi connectivity index (χ0v) is 7.33. The van der Waals surface area contributed by atoms with E-state index in [4.69, 9.17) is 14.0 Å². The molecule has 0 aliphatic rings. The molecule has 1 atom stereocenters. The van der Waals surface area contributed by atoms with Crippen molar-refractivity contribution in [2.45, 2.75) is 13.3 Å². The number of hydrogen-bond acceptors (Lipinski definition) is 4. The van der Waals surface area contributed by atoms with Gasteiger partial charge in [-0.1, -0.05) is 0 Å². The molecule has 76 valence electrons. The van der Waals surface area contributed by atoms with Crippen molar-refractivity contribution in [3.8, 4) is 6.07 Å². The van der Waals surface area contributed by atoms with E-state index in [0.717, 1.165) is 0 Å². The van der Waals surface area contributed by atoms with Crippen molar-refractivity contribution < 1.29 is 42.6 Å². The van der Waals surface area contributed by atoms with Gasteiger partial charge in [0.2, 0.25) is 0 Å². The van der Waals surface area contributed by atoms with E-state index in [1.54, 1.807) is 6.07 Å². The molecule has 0 aromatic carbocycles. The predicted molar refractivity (Wildman–Crippen MR) is 27.3 cm³/mol. The molecule has 0 radical (unpaired) electrons. The molecule has 0 amide bonds. The molecule has 0 aliphatic heterocycles. The largest absolute Gasteiger partial charge is 0.750 e. The zero-order chi connectivity index (χ0) is 9.49. The Morgan fingerprint density at radius 3 is 1.83 bits per heavy atom. The zero-order valence-electron chi connectivity index (χ0n) is 5.53. The van der Waals surface area contributed by atoms with Crippen LogP contribution in [-0.4, -0.2) is 15.1 Å². The van der Waals surface area contributed by atoms with Gasteiger partial charge in [0.25, 0.3) is 0 Å². The molecule has 1 unspecified atom stereocenters. The van der Waals surface area contributed by atoms with Gasteiger partial charge in [-0.15, -0.1) is 13.2 Å². The molecule has 0 rings (SSSR count). The molecule has 0 saturated carbocycles. The minimum atomic E-state index is -5.09. The van der Waals surface area contributed by atoms with Gasteiger partial charge in [0.05, 0.1) is 17.4 Å². The summed E-state index contributed by atoms with van der Waals surface area (Å²) in [5.41, 5.74) is 0. The molecular weight excluding hydrogens is 246 g/mol. The van der Waals surface area contributed by atoms with E-state index < -0.39 is 17.7 Å². The Kier molecular flexibility index (Phi) is 13.3. The van der Waals surface area contributed by atoms with Crippen molar-refractivity contribution in [1.82, 2.24) is 0 Å². The maximum atomic E-state index is 10.7. The van der Waals surface area contributed by atoms with Crippen LogP contribution in [0, 0.1) is 11.3 Å². The third-order valence-corrected chi connectivity index (χ3v) is 0.488. The molecule has 0 fully saturated rings. The molecule has 0 saturated heterocycles. The summed E-state index contributed by atoms with van der Waals surface area (Å²) in [6.45, 7) is 1.43. The number of halogens is 3. The van der Waals surface area contributed by atoms with Gasteiger partial charge in [0.1, 0.15) is 0 Å². The Hall–Kier alpha value is -0.156. The average molecular weight is 249 g/mol. The van der Waals surface area contributed by atoms with Gasteiger partial charge in [-0.2, -0.15) is 5.26 Å². The van der Waals surface area contributed by atoms with Crippen molar-refractivity contribution in [1.29, 1.82) is 5.26 Å². The van der Waals surface area contributed by atoms with Crippen molar-refractivity contribution in [2.75, 3.05) is 0 Å². The van der Waals surface area contributed by atoms with E-state index in [2.05, 4.69) is 4.18 Å². The number of nitrogens with zero attached hydrogens (tertiary/aromatic N) is 1. The fraction of sp³-hybridized carbons (Fsp3) is 0.667.